The standard InChI is InChI=1S/C14H19Cl/c1-10-9-11(2)13(4)14(12(10)3)7-5-6-8-15/h5,7,9H,6,8H2,1-4H3. The lowest BCUT2D eigenvalue weighted by molar-refractivity contribution is 1.21. The van der Waals surface area contributed by atoms with Gasteiger partial charge in [0, 0.05) is 5.88 Å². The van der Waals surface area contributed by atoms with Gasteiger partial charge in [-0.3, -0.25) is 0 Å². The van der Waals surface area contributed by atoms with Crippen LogP contribution in [0.5, 0.6) is 0 Å². The van der Waals surface area contributed by atoms with Crippen LogP contribution in [0.4, 0.5) is 0 Å². The zero-order valence-corrected chi connectivity index (χ0v) is 10.8. The molecule has 0 aliphatic heterocycles. The molecule has 1 heteroatoms. The van der Waals surface area contributed by atoms with Gasteiger partial charge in [0.05, 0.1) is 0 Å². The van der Waals surface area contributed by atoms with Crippen LogP contribution in [0.2, 0.25) is 0 Å². The lowest BCUT2D eigenvalue weighted by Gasteiger charge is -2.12. The Kier molecular flexibility index (Phi) is 4.41. The number of alkyl halides is 1. The van der Waals surface area contributed by atoms with Crippen molar-refractivity contribution in [3.05, 3.63) is 40.0 Å². The van der Waals surface area contributed by atoms with E-state index in [2.05, 4.69) is 45.9 Å². The molecule has 0 spiro atoms. The number of allylic oxidation sites excluding steroid dienone is 1. The maximum atomic E-state index is 5.66. The minimum absolute atomic E-state index is 0.694. The fourth-order valence-corrected chi connectivity index (χ4v) is 1.89. The summed E-state index contributed by atoms with van der Waals surface area (Å²) in [6.45, 7) is 8.70. The zero-order valence-electron chi connectivity index (χ0n) is 10.0. The predicted molar refractivity (Wildman–Crippen MR) is 69.8 cm³/mol. The highest BCUT2D eigenvalue weighted by Gasteiger charge is 2.04. The van der Waals surface area contributed by atoms with Crippen LogP contribution >= 0.6 is 11.6 Å². The van der Waals surface area contributed by atoms with E-state index < -0.39 is 0 Å². The van der Waals surface area contributed by atoms with Gasteiger partial charge in [-0.05, 0) is 61.9 Å². The Morgan fingerprint density at radius 1 is 1.07 bits per heavy atom. The lowest BCUT2D eigenvalue weighted by atomic mass is 9.94. The minimum Gasteiger partial charge on any atom is -0.126 e. The van der Waals surface area contributed by atoms with E-state index in [1.165, 1.54) is 27.8 Å². The van der Waals surface area contributed by atoms with Crippen LogP contribution in [0.25, 0.3) is 6.08 Å². The Bertz CT molecular complexity index is 349. The third kappa shape index (κ3) is 2.85. The Hall–Kier alpha value is -0.750. The molecule has 0 unspecified atom stereocenters. The van der Waals surface area contributed by atoms with Crippen molar-refractivity contribution in [1.29, 1.82) is 0 Å². The van der Waals surface area contributed by atoms with Crippen molar-refractivity contribution < 1.29 is 0 Å². The molecule has 0 fully saturated rings. The Balaban J connectivity index is 3.15. The van der Waals surface area contributed by atoms with E-state index in [1.54, 1.807) is 0 Å². The van der Waals surface area contributed by atoms with Crippen LogP contribution in [0, 0.1) is 27.7 Å². The molecular formula is C14H19Cl. The van der Waals surface area contributed by atoms with Crippen molar-refractivity contribution in [2.45, 2.75) is 34.1 Å². The molecule has 0 atom stereocenters. The third-order valence-corrected chi connectivity index (χ3v) is 3.20. The van der Waals surface area contributed by atoms with Gasteiger partial charge in [-0.15, -0.1) is 11.6 Å². The molecule has 0 heterocycles. The van der Waals surface area contributed by atoms with Gasteiger partial charge in [-0.2, -0.15) is 0 Å². The smallest absolute Gasteiger partial charge is 0.0258 e. The van der Waals surface area contributed by atoms with E-state index in [-0.39, 0.29) is 0 Å². The fourth-order valence-electron chi connectivity index (χ4n) is 1.76. The van der Waals surface area contributed by atoms with Gasteiger partial charge in [0.15, 0.2) is 0 Å². The second-order valence-electron chi connectivity index (χ2n) is 4.05. The molecule has 82 valence electrons. The Labute approximate surface area is 98.0 Å². The van der Waals surface area contributed by atoms with Crippen molar-refractivity contribution in [3.8, 4) is 0 Å². The van der Waals surface area contributed by atoms with Gasteiger partial charge >= 0.3 is 0 Å². The molecule has 15 heavy (non-hydrogen) atoms. The first-order valence-corrected chi connectivity index (χ1v) is 5.91. The number of rotatable bonds is 3. The van der Waals surface area contributed by atoms with E-state index >= 15 is 0 Å². The monoisotopic (exact) mass is 222 g/mol. The summed E-state index contributed by atoms with van der Waals surface area (Å²) in [6.07, 6.45) is 5.29. The Morgan fingerprint density at radius 3 is 2.07 bits per heavy atom. The highest BCUT2D eigenvalue weighted by atomic mass is 35.5. The predicted octanol–water partition coefficient (Wildman–Crippen LogP) is 4.56. The topological polar surface area (TPSA) is 0 Å². The molecule has 0 aromatic heterocycles. The van der Waals surface area contributed by atoms with E-state index in [0.717, 1.165) is 6.42 Å². The SMILES string of the molecule is Cc1cc(C)c(C)c(C=CCCCl)c1C. The van der Waals surface area contributed by atoms with Crippen molar-refractivity contribution in [2.75, 3.05) is 5.88 Å². The second-order valence-corrected chi connectivity index (χ2v) is 4.43. The summed E-state index contributed by atoms with van der Waals surface area (Å²) in [7, 11) is 0. The lowest BCUT2D eigenvalue weighted by Crippen LogP contribution is -1.94. The van der Waals surface area contributed by atoms with Crippen molar-refractivity contribution in [1.82, 2.24) is 0 Å². The highest BCUT2D eigenvalue weighted by Crippen LogP contribution is 2.22. The van der Waals surface area contributed by atoms with E-state index in [1.807, 2.05) is 0 Å². The molecule has 0 radical (unpaired) electrons. The summed E-state index contributed by atoms with van der Waals surface area (Å²) in [6, 6.07) is 2.25. The van der Waals surface area contributed by atoms with Crippen LogP contribution in [0.3, 0.4) is 0 Å². The largest absolute Gasteiger partial charge is 0.126 e. The summed E-state index contributed by atoms with van der Waals surface area (Å²) in [5, 5.41) is 0. The van der Waals surface area contributed by atoms with Gasteiger partial charge in [0.2, 0.25) is 0 Å². The van der Waals surface area contributed by atoms with Gasteiger partial charge in [0.25, 0.3) is 0 Å². The molecule has 0 nitrogen and oxygen atoms in total. The molecule has 0 saturated heterocycles. The average Bonchev–Trinajstić information content (AvgIpc) is 2.20. The van der Waals surface area contributed by atoms with Crippen LogP contribution in [0.1, 0.15) is 34.2 Å². The zero-order chi connectivity index (χ0) is 11.4. The summed E-state index contributed by atoms with van der Waals surface area (Å²) >= 11 is 5.66. The van der Waals surface area contributed by atoms with Crippen molar-refractivity contribution in [2.24, 2.45) is 0 Å². The van der Waals surface area contributed by atoms with Gasteiger partial charge in [0.1, 0.15) is 0 Å². The number of benzene rings is 1. The summed E-state index contributed by atoms with van der Waals surface area (Å²) in [4.78, 5) is 0. The quantitative estimate of drug-likeness (QED) is 0.658. The van der Waals surface area contributed by atoms with Crippen LogP contribution in [-0.2, 0) is 0 Å². The van der Waals surface area contributed by atoms with Crippen molar-refractivity contribution >= 4 is 17.7 Å². The van der Waals surface area contributed by atoms with Crippen LogP contribution < -0.4 is 0 Å². The summed E-state index contributed by atoms with van der Waals surface area (Å²) in [5.41, 5.74) is 6.85. The molecule has 1 rings (SSSR count). The maximum Gasteiger partial charge on any atom is 0.0258 e. The molecule has 0 N–H and O–H groups in total. The van der Waals surface area contributed by atoms with E-state index in [0.29, 0.717) is 5.88 Å². The number of halogens is 1. The Morgan fingerprint density at radius 2 is 1.60 bits per heavy atom. The average molecular weight is 223 g/mol. The fraction of sp³-hybridized carbons (Fsp3) is 0.429. The number of hydrogen-bond acceptors (Lipinski definition) is 0. The molecule has 0 aliphatic carbocycles. The van der Waals surface area contributed by atoms with Crippen LogP contribution in [0.15, 0.2) is 12.1 Å². The normalized spacial score (nSPS) is 11.3. The number of aryl methyl sites for hydroxylation is 2. The first-order chi connectivity index (χ1) is 7.07. The highest BCUT2D eigenvalue weighted by molar-refractivity contribution is 6.17. The van der Waals surface area contributed by atoms with E-state index in [9.17, 15) is 0 Å². The van der Waals surface area contributed by atoms with Gasteiger partial charge in [-0.25, -0.2) is 0 Å². The maximum absolute atomic E-state index is 5.66. The minimum atomic E-state index is 0.694. The van der Waals surface area contributed by atoms with Gasteiger partial charge in [-0.1, -0.05) is 18.2 Å². The number of hydrogen-bond donors (Lipinski definition) is 0. The molecule has 1 aromatic rings. The second kappa shape index (κ2) is 5.37. The molecule has 0 bridgehead atoms. The third-order valence-electron chi connectivity index (χ3n) is 2.98. The molecule has 0 amide bonds. The first-order valence-electron chi connectivity index (χ1n) is 5.37. The molecule has 0 aliphatic rings. The first kappa shape index (κ1) is 12.3. The van der Waals surface area contributed by atoms with E-state index in [4.69, 9.17) is 11.6 Å². The summed E-state index contributed by atoms with van der Waals surface area (Å²) in [5.74, 6) is 0.694. The van der Waals surface area contributed by atoms with Crippen molar-refractivity contribution in [3.63, 3.8) is 0 Å². The van der Waals surface area contributed by atoms with Crippen LogP contribution in [-0.4, -0.2) is 5.88 Å². The molecular weight excluding hydrogens is 204 g/mol. The van der Waals surface area contributed by atoms with Gasteiger partial charge < -0.3 is 0 Å². The molecule has 1 aromatic carbocycles. The summed E-state index contributed by atoms with van der Waals surface area (Å²) < 4.78 is 0. The molecule has 0 saturated carbocycles.